The van der Waals surface area contributed by atoms with Crippen LogP contribution in [0, 0.1) is 11.8 Å². The van der Waals surface area contributed by atoms with Crippen molar-refractivity contribution in [2.75, 3.05) is 6.54 Å². The Labute approximate surface area is 107 Å². The molecule has 0 atom stereocenters. The maximum absolute atomic E-state index is 10.8. The lowest BCUT2D eigenvalue weighted by atomic mass is 9.82. The summed E-state index contributed by atoms with van der Waals surface area (Å²) in [7, 11) is 1.99. The zero-order valence-corrected chi connectivity index (χ0v) is 10.8. The molecule has 0 bridgehead atoms. The number of rotatable bonds is 5. The van der Waals surface area contributed by atoms with Gasteiger partial charge in [-0.05, 0) is 38.1 Å². The van der Waals surface area contributed by atoms with Gasteiger partial charge in [0.1, 0.15) is 0 Å². The standard InChI is InChI=1S/C13H21N3O2/c1-16-9-15-8-12(16)7-14-6-10-2-4-11(5-3-10)13(17)18/h8-11,14H,2-7H2,1H3,(H,17,18). The Balaban J connectivity index is 1.67. The van der Waals surface area contributed by atoms with Crippen molar-refractivity contribution in [3.63, 3.8) is 0 Å². The summed E-state index contributed by atoms with van der Waals surface area (Å²) in [5.74, 6) is -0.122. The number of carboxylic acid groups (broad SMARTS) is 1. The molecular weight excluding hydrogens is 230 g/mol. The van der Waals surface area contributed by atoms with Crippen LogP contribution in [-0.2, 0) is 18.4 Å². The number of aliphatic carboxylic acids is 1. The molecule has 100 valence electrons. The smallest absolute Gasteiger partial charge is 0.306 e. The minimum absolute atomic E-state index is 0.113. The van der Waals surface area contributed by atoms with Gasteiger partial charge >= 0.3 is 5.97 Å². The quantitative estimate of drug-likeness (QED) is 0.830. The van der Waals surface area contributed by atoms with Gasteiger partial charge in [-0.15, -0.1) is 0 Å². The molecule has 1 heterocycles. The average Bonchev–Trinajstić information content (AvgIpc) is 2.76. The minimum atomic E-state index is -0.628. The Kier molecular flexibility index (Phi) is 4.36. The van der Waals surface area contributed by atoms with Gasteiger partial charge in [-0.25, -0.2) is 4.98 Å². The predicted molar refractivity (Wildman–Crippen MR) is 68.0 cm³/mol. The first-order valence-corrected chi connectivity index (χ1v) is 6.55. The minimum Gasteiger partial charge on any atom is -0.481 e. The second kappa shape index (κ2) is 6.00. The van der Waals surface area contributed by atoms with Crippen LogP contribution in [0.1, 0.15) is 31.4 Å². The molecule has 2 N–H and O–H groups in total. The van der Waals surface area contributed by atoms with Gasteiger partial charge in [0.05, 0.1) is 17.9 Å². The van der Waals surface area contributed by atoms with Crippen LogP contribution in [0.3, 0.4) is 0 Å². The van der Waals surface area contributed by atoms with E-state index in [-0.39, 0.29) is 5.92 Å². The molecule has 2 rings (SSSR count). The van der Waals surface area contributed by atoms with E-state index in [0.29, 0.717) is 5.92 Å². The lowest BCUT2D eigenvalue weighted by molar-refractivity contribution is -0.143. The van der Waals surface area contributed by atoms with Crippen molar-refractivity contribution in [1.82, 2.24) is 14.9 Å². The van der Waals surface area contributed by atoms with E-state index < -0.39 is 5.97 Å². The number of nitrogens with one attached hydrogen (secondary N) is 1. The molecule has 0 aliphatic heterocycles. The van der Waals surface area contributed by atoms with Crippen LogP contribution >= 0.6 is 0 Å². The van der Waals surface area contributed by atoms with Crippen LogP contribution in [0.15, 0.2) is 12.5 Å². The van der Waals surface area contributed by atoms with Crippen molar-refractivity contribution >= 4 is 5.97 Å². The van der Waals surface area contributed by atoms with E-state index >= 15 is 0 Å². The molecule has 0 saturated heterocycles. The Morgan fingerprint density at radius 1 is 1.50 bits per heavy atom. The fraction of sp³-hybridized carbons (Fsp3) is 0.692. The van der Waals surface area contributed by atoms with Crippen LogP contribution in [0.25, 0.3) is 0 Å². The highest BCUT2D eigenvalue weighted by Crippen LogP contribution is 2.28. The third-order valence-electron chi connectivity index (χ3n) is 3.85. The van der Waals surface area contributed by atoms with Gasteiger partial charge in [0.2, 0.25) is 0 Å². The van der Waals surface area contributed by atoms with Crippen molar-refractivity contribution in [1.29, 1.82) is 0 Å². The molecule has 0 radical (unpaired) electrons. The molecule has 1 fully saturated rings. The van der Waals surface area contributed by atoms with Gasteiger partial charge in [-0.3, -0.25) is 4.79 Å². The zero-order chi connectivity index (χ0) is 13.0. The van der Waals surface area contributed by atoms with E-state index in [1.165, 1.54) is 5.69 Å². The summed E-state index contributed by atoms with van der Waals surface area (Å²) in [4.78, 5) is 14.9. The first-order chi connectivity index (χ1) is 8.66. The average molecular weight is 251 g/mol. The van der Waals surface area contributed by atoms with Crippen LogP contribution in [0.4, 0.5) is 0 Å². The molecule has 0 aromatic carbocycles. The maximum Gasteiger partial charge on any atom is 0.306 e. The summed E-state index contributed by atoms with van der Waals surface area (Å²) in [5.41, 5.74) is 1.18. The SMILES string of the molecule is Cn1cncc1CNCC1CCC(C(=O)O)CC1. The first-order valence-electron chi connectivity index (χ1n) is 6.55. The first kappa shape index (κ1) is 13.1. The molecule has 18 heavy (non-hydrogen) atoms. The molecule has 0 unspecified atom stereocenters. The van der Waals surface area contributed by atoms with E-state index in [4.69, 9.17) is 5.11 Å². The van der Waals surface area contributed by atoms with E-state index in [2.05, 4.69) is 10.3 Å². The topological polar surface area (TPSA) is 67.2 Å². The van der Waals surface area contributed by atoms with E-state index in [9.17, 15) is 4.79 Å². The normalized spacial score (nSPS) is 24.1. The van der Waals surface area contributed by atoms with Crippen molar-refractivity contribution in [3.8, 4) is 0 Å². The second-order valence-electron chi connectivity index (χ2n) is 5.18. The van der Waals surface area contributed by atoms with E-state index in [0.717, 1.165) is 38.8 Å². The number of aryl methyl sites for hydroxylation is 1. The zero-order valence-electron chi connectivity index (χ0n) is 10.8. The summed E-state index contributed by atoms with van der Waals surface area (Å²) in [5, 5.41) is 12.4. The highest BCUT2D eigenvalue weighted by atomic mass is 16.4. The molecule has 0 spiro atoms. The van der Waals surface area contributed by atoms with Gasteiger partial charge in [-0.1, -0.05) is 0 Å². The van der Waals surface area contributed by atoms with Crippen LogP contribution in [-0.4, -0.2) is 27.2 Å². The van der Waals surface area contributed by atoms with Crippen LogP contribution in [0.5, 0.6) is 0 Å². The number of aromatic nitrogens is 2. The van der Waals surface area contributed by atoms with Gasteiger partial charge in [0, 0.05) is 19.8 Å². The predicted octanol–water partition coefficient (Wildman–Crippen LogP) is 1.40. The maximum atomic E-state index is 10.8. The van der Waals surface area contributed by atoms with Crippen LogP contribution in [0.2, 0.25) is 0 Å². The van der Waals surface area contributed by atoms with Gasteiger partial charge in [0.15, 0.2) is 0 Å². The molecule has 1 aliphatic carbocycles. The van der Waals surface area contributed by atoms with E-state index in [1.807, 2.05) is 17.8 Å². The summed E-state index contributed by atoms with van der Waals surface area (Å²) < 4.78 is 2.01. The third-order valence-corrected chi connectivity index (χ3v) is 3.85. The largest absolute Gasteiger partial charge is 0.481 e. The van der Waals surface area contributed by atoms with Crippen molar-refractivity contribution in [2.24, 2.45) is 18.9 Å². The summed E-state index contributed by atoms with van der Waals surface area (Å²) in [6, 6.07) is 0. The summed E-state index contributed by atoms with van der Waals surface area (Å²) in [6.45, 7) is 1.80. The van der Waals surface area contributed by atoms with Crippen molar-refractivity contribution < 1.29 is 9.90 Å². The molecule has 0 amide bonds. The molecule has 5 nitrogen and oxygen atoms in total. The lowest BCUT2D eigenvalue weighted by Crippen LogP contribution is -2.28. The van der Waals surface area contributed by atoms with Crippen molar-refractivity contribution in [2.45, 2.75) is 32.2 Å². The fourth-order valence-electron chi connectivity index (χ4n) is 2.57. The fourth-order valence-corrected chi connectivity index (χ4v) is 2.57. The lowest BCUT2D eigenvalue weighted by Gasteiger charge is -2.26. The Morgan fingerprint density at radius 3 is 2.78 bits per heavy atom. The number of carboxylic acids is 1. The van der Waals surface area contributed by atoms with E-state index in [1.54, 1.807) is 6.33 Å². The van der Waals surface area contributed by atoms with Gasteiger partial charge in [-0.2, -0.15) is 0 Å². The molecule has 1 aliphatic rings. The summed E-state index contributed by atoms with van der Waals surface area (Å²) in [6.07, 6.45) is 7.37. The molecular formula is C13H21N3O2. The highest BCUT2D eigenvalue weighted by Gasteiger charge is 2.25. The molecule has 1 aromatic heterocycles. The molecule has 5 heteroatoms. The second-order valence-corrected chi connectivity index (χ2v) is 5.18. The monoisotopic (exact) mass is 251 g/mol. The Bertz CT molecular complexity index is 395. The molecule has 1 aromatic rings. The van der Waals surface area contributed by atoms with Gasteiger partial charge < -0.3 is 15.0 Å². The van der Waals surface area contributed by atoms with Gasteiger partial charge in [0.25, 0.3) is 0 Å². The van der Waals surface area contributed by atoms with Crippen LogP contribution < -0.4 is 5.32 Å². The highest BCUT2D eigenvalue weighted by molar-refractivity contribution is 5.69. The Morgan fingerprint density at radius 2 is 2.22 bits per heavy atom. The third kappa shape index (κ3) is 3.32. The molecule has 1 saturated carbocycles. The number of carbonyl (C=O) groups is 1. The number of nitrogens with zero attached hydrogens (tertiary/aromatic N) is 2. The Hall–Kier alpha value is -1.36. The number of hydrogen-bond donors (Lipinski definition) is 2. The number of hydrogen-bond acceptors (Lipinski definition) is 3. The summed E-state index contributed by atoms with van der Waals surface area (Å²) >= 11 is 0. The number of imidazole rings is 1. The van der Waals surface area contributed by atoms with Crippen molar-refractivity contribution in [3.05, 3.63) is 18.2 Å².